The number of dihydropyridines is 1. The number of likely N-dealkylation sites (N-methyl/N-ethyl adjacent to an activating group) is 1. The highest BCUT2D eigenvalue weighted by atomic mass is 16.2. The maximum Gasteiger partial charge on any atom is 0.254 e. The molecule has 0 saturated carbocycles. The summed E-state index contributed by atoms with van der Waals surface area (Å²) < 4.78 is 0. The molecule has 1 amide bonds. The third kappa shape index (κ3) is 2.46. The maximum atomic E-state index is 12.0. The third-order valence-electron chi connectivity index (χ3n) is 3.64. The summed E-state index contributed by atoms with van der Waals surface area (Å²) in [5.74, 6) is 0.299. The van der Waals surface area contributed by atoms with Gasteiger partial charge in [-0.25, -0.2) is 0 Å². The van der Waals surface area contributed by atoms with Gasteiger partial charge in [-0.1, -0.05) is 26.0 Å². The smallest absolute Gasteiger partial charge is 0.254 e. The number of pyridine rings is 1. The van der Waals surface area contributed by atoms with Crippen LogP contribution in [-0.4, -0.2) is 29.9 Å². The largest absolute Gasteiger partial charge is 0.376 e. The first-order chi connectivity index (χ1) is 9.47. The molecule has 0 bridgehead atoms. The first-order valence-corrected chi connectivity index (χ1v) is 6.77. The van der Waals surface area contributed by atoms with Crippen LogP contribution in [0, 0.1) is 5.92 Å². The Balaban J connectivity index is 2.33. The van der Waals surface area contributed by atoms with Crippen LogP contribution < -0.4 is 5.32 Å². The molecule has 0 aromatic carbocycles. The minimum atomic E-state index is -0.364. The molecule has 2 heterocycles. The summed E-state index contributed by atoms with van der Waals surface area (Å²) in [5, 5.41) is 3.38. The second kappa shape index (κ2) is 5.49. The maximum absolute atomic E-state index is 12.0. The SMILES string of the molecule is CC(C)C1(c2ccccn2)C=CC(C(=O)N(C)C)=CN1. The Morgan fingerprint density at radius 3 is 2.55 bits per heavy atom. The molecule has 2 rings (SSSR count). The van der Waals surface area contributed by atoms with Crippen LogP contribution in [0.25, 0.3) is 0 Å². The molecule has 20 heavy (non-hydrogen) atoms. The molecular formula is C16H21N3O. The Hall–Kier alpha value is -2.10. The molecule has 1 aromatic heterocycles. The molecule has 106 valence electrons. The van der Waals surface area contributed by atoms with Crippen LogP contribution in [-0.2, 0) is 10.3 Å². The summed E-state index contributed by atoms with van der Waals surface area (Å²) in [6.45, 7) is 4.28. The van der Waals surface area contributed by atoms with Crippen LogP contribution in [0.4, 0.5) is 0 Å². The average molecular weight is 271 g/mol. The highest BCUT2D eigenvalue weighted by molar-refractivity contribution is 5.96. The van der Waals surface area contributed by atoms with Gasteiger partial charge in [0.1, 0.15) is 5.54 Å². The minimum Gasteiger partial charge on any atom is -0.376 e. The van der Waals surface area contributed by atoms with E-state index in [4.69, 9.17) is 0 Å². The molecule has 1 N–H and O–H groups in total. The predicted octanol–water partition coefficient (Wildman–Crippen LogP) is 2.06. The quantitative estimate of drug-likeness (QED) is 0.915. The van der Waals surface area contributed by atoms with Gasteiger partial charge >= 0.3 is 0 Å². The highest BCUT2D eigenvalue weighted by Gasteiger charge is 2.35. The monoisotopic (exact) mass is 271 g/mol. The van der Waals surface area contributed by atoms with Crippen molar-refractivity contribution in [1.29, 1.82) is 0 Å². The fourth-order valence-corrected chi connectivity index (χ4v) is 2.33. The van der Waals surface area contributed by atoms with E-state index in [-0.39, 0.29) is 11.4 Å². The van der Waals surface area contributed by atoms with Crippen molar-refractivity contribution >= 4 is 5.91 Å². The van der Waals surface area contributed by atoms with Crippen LogP contribution in [0.1, 0.15) is 19.5 Å². The number of carbonyl (C=O) groups excluding carboxylic acids is 1. The molecule has 0 fully saturated rings. The standard InChI is InChI=1S/C16H21N3O/c1-12(2)16(14-7-5-6-10-17-14)9-8-13(11-18-16)15(20)19(3)4/h5-12,18H,1-4H3. The fourth-order valence-electron chi connectivity index (χ4n) is 2.33. The predicted molar refractivity (Wildman–Crippen MR) is 79.8 cm³/mol. The second-order valence-electron chi connectivity index (χ2n) is 5.52. The van der Waals surface area contributed by atoms with Crippen molar-refractivity contribution in [1.82, 2.24) is 15.2 Å². The molecule has 1 atom stereocenters. The van der Waals surface area contributed by atoms with Crippen LogP contribution in [0.5, 0.6) is 0 Å². The van der Waals surface area contributed by atoms with Crippen LogP contribution in [0.3, 0.4) is 0 Å². The van der Waals surface area contributed by atoms with Gasteiger partial charge in [0, 0.05) is 26.5 Å². The fraction of sp³-hybridized carbons (Fsp3) is 0.375. The summed E-state index contributed by atoms with van der Waals surface area (Å²) in [6.07, 6.45) is 7.50. The molecule has 0 aliphatic carbocycles. The van der Waals surface area contributed by atoms with Gasteiger partial charge in [0.2, 0.25) is 0 Å². The van der Waals surface area contributed by atoms with E-state index in [2.05, 4.69) is 24.1 Å². The number of nitrogens with zero attached hydrogens (tertiary/aromatic N) is 2. The summed E-state index contributed by atoms with van der Waals surface area (Å²) in [7, 11) is 3.50. The van der Waals surface area contributed by atoms with Gasteiger partial charge < -0.3 is 10.2 Å². The number of amides is 1. The lowest BCUT2D eigenvalue weighted by Crippen LogP contribution is -2.45. The average Bonchev–Trinajstić information content (AvgIpc) is 2.47. The summed E-state index contributed by atoms with van der Waals surface area (Å²) in [4.78, 5) is 18.0. The van der Waals surface area contributed by atoms with Gasteiger partial charge in [0.15, 0.2) is 0 Å². The lowest BCUT2D eigenvalue weighted by Gasteiger charge is -2.37. The molecule has 1 aromatic rings. The number of rotatable bonds is 3. The van der Waals surface area contributed by atoms with Crippen LogP contribution >= 0.6 is 0 Å². The zero-order chi connectivity index (χ0) is 14.8. The first kappa shape index (κ1) is 14.3. The number of carbonyl (C=O) groups is 1. The topological polar surface area (TPSA) is 45.2 Å². The molecule has 0 radical (unpaired) electrons. The van der Waals surface area contributed by atoms with Gasteiger partial charge in [0.05, 0.1) is 11.3 Å². The van der Waals surface area contributed by atoms with Crippen LogP contribution in [0.15, 0.2) is 48.3 Å². The summed E-state index contributed by atoms with van der Waals surface area (Å²) in [6, 6.07) is 5.89. The number of hydrogen-bond acceptors (Lipinski definition) is 3. The Bertz CT molecular complexity index is 546. The number of nitrogens with one attached hydrogen (secondary N) is 1. The first-order valence-electron chi connectivity index (χ1n) is 6.77. The molecule has 4 heteroatoms. The van der Waals surface area contributed by atoms with Gasteiger partial charge in [-0.2, -0.15) is 0 Å². The Labute approximate surface area is 120 Å². The van der Waals surface area contributed by atoms with Gasteiger partial charge in [-0.15, -0.1) is 0 Å². The van der Waals surface area contributed by atoms with E-state index < -0.39 is 0 Å². The summed E-state index contributed by atoms with van der Waals surface area (Å²) in [5.41, 5.74) is 1.25. The molecule has 1 aliphatic rings. The van der Waals surface area contributed by atoms with Gasteiger partial charge in [-0.3, -0.25) is 9.78 Å². The van der Waals surface area contributed by atoms with Crippen molar-refractivity contribution in [3.63, 3.8) is 0 Å². The lowest BCUT2D eigenvalue weighted by molar-refractivity contribution is -0.124. The lowest BCUT2D eigenvalue weighted by atomic mass is 9.80. The molecular weight excluding hydrogens is 250 g/mol. The molecule has 0 saturated heterocycles. The van der Waals surface area contributed by atoms with E-state index >= 15 is 0 Å². The van der Waals surface area contributed by atoms with E-state index in [1.807, 2.05) is 30.4 Å². The normalized spacial score (nSPS) is 21.4. The Morgan fingerprint density at radius 1 is 1.35 bits per heavy atom. The van der Waals surface area contributed by atoms with E-state index in [1.165, 1.54) is 0 Å². The Kier molecular flexibility index (Phi) is 3.93. The van der Waals surface area contributed by atoms with Crippen LogP contribution in [0.2, 0.25) is 0 Å². The van der Waals surface area contributed by atoms with Crippen molar-refractivity contribution in [2.75, 3.05) is 14.1 Å². The van der Waals surface area contributed by atoms with Gasteiger partial charge in [0.25, 0.3) is 5.91 Å². The second-order valence-corrected chi connectivity index (χ2v) is 5.52. The zero-order valence-corrected chi connectivity index (χ0v) is 12.4. The van der Waals surface area contributed by atoms with E-state index in [9.17, 15) is 4.79 Å². The molecule has 1 unspecified atom stereocenters. The summed E-state index contributed by atoms with van der Waals surface area (Å²) >= 11 is 0. The third-order valence-corrected chi connectivity index (χ3v) is 3.64. The van der Waals surface area contributed by atoms with Crippen molar-refractivity contribution in [2.45, 2.75) is 19.4 Å². The van der Waals surface area contributed by atoms with E-state index in [0.29, 0.717) is 11.5 Å². The van der Waals surface area contributed by atoms with E-state index in [0.717, 1.165) is 5.69 Å². The Morgan fingerprint density at radius 2 is 2.10 bits per heavy atom. The minimum absolute atomic E-state index is 0.00729. The number of hydrogen-bond donors (Lipinski definition) is 1. The van der Waals surface area contributed by atoms with Gasteiger partial charge in [-0.05, 0) is 24.1 Å². The van der Waals surface area contributed by atoms with E-state index in [1.54, 1.807) is 31.4 Å². The van der Waals surface area contributed by atoms with Crippen molar-refractivity contribution in [3.05, 3.63) is 54.0 Å². The molecule has 4 nitrogen and oxygen atoms in total. The van der Waals surface area contributed by atoms with Crippen molar-refractivity contribution in [2.24, 2.45) is 5.92 Å². The highest BCUT2D eigenvalue weighted by Crippen LogP contribution is 2.32. The zero-order valence-electron chi connectivity index (χ0n) is 12.4. The molecule has 1 aliphatic heterocycles. The van der Waals surface area contributed by atoms with Crippen molar-refractivity contribution < 1.29 is 4.79 Å². The number of aromatic nitrogens is 1. The van der Waals surface area contributed by atoms with Crippen molar-refractivity contribution in [3.8, 4) is 0 Å². The molecule has 0 spiro atoms.